The fourth-order valence-corrected chi connectivity index (χ4v) is 4.20. The topological polar surface area (TPSA) is 55.8 Å². The third-order valence-corrected chi connectivity index (χ3v) is 5.22. The number of ketones is 1. The highest BCUT2D eigenvalue weighted by molar-refractivity contribution is 6.00. The summed E-state index contributed by atoms with van der Waals surface area (Å²) >= 11 is 0. The molecule has 0 aromatic heterocycles. The van der Waals surface area contributed by atoms with Crippen molar-refractivity contribution >= 4 is 11.9 Å². The molecule has 5 nitrogen and oxygen atoms in total. The summed E-state index contributed by atoms with van der Waals surface area (Å²) in [5.41, 5.74) is -0.246. The van der Waals surface area contributed by atoms with Crippen molar-refractivity contribution in [3.05, 3.63) is 29.6 Å². The van der Waals surface area contributed by atoms with Crippen LogP contribution in [0.25, 0.3) is 0 Å². The lowest BCUT2D eigenvalue weighted by Crippen LogP contribution is -2.49. The number of benzene rings is 1. The number of ether oxygens (including phenoxy) is 2. The van der Waals surface area contributed by atoms with Crippen LogP contribution in [0.2, 0.25) is 0 Å². The van der Waals surface area contributed by atoms with Gasteiger partial charge in [0, 0.05) is 18.0 Å². The summed E-state index contributed by atoms with van der Waals surface area (Å²) in [4.78, 5) is 27.5. The van der Waals surface area contributed by atoms with E-state index < -0.39 is 11.4 Å². The van der Waals surface area contributed by atoms with Crippen LogP contribution in [0.15, 0.2) is 18.2 Å². The Morgan fingerprint density at radius 1 is 1.19 bits per heavy atom. The van der Waals surface area contributed by atoms with Crippen LogP contribution in [0.3, 0.4) is 0 Å². The number of carbonyl (C=O) groups excluding carboxylic acids is 2. The molecule has 148 valence electrons. The first-order valence-corrected chi connectivity index (χ1v) is 9.67. The largest absolute Gasteiger partial charge is 0.493 e. The molecule has 2 aliphatic rings. The Labute approximate surface area is 159 Å². The Balaban J connectivity index is 1.76. The number of hydrogen-bond donors (Lipinski definition) is 0. The number of fused-ring (bicyclic) bond motifs is 2. The molecule has 6 heteroatoms. The van der Waals surface area contributed by atoms with Crippen molar-refractivity contribution in [1.29, 1.82) is 0 Å². The van der Waals surface area contributed by atoms with Gasteiger partial charge in [0.1, 0.15) is 17.2 Å². The van der Waals surface area contributed by atoms with E-state index in [0.29, 0.717) is 30.8 Å². The Morgan fingerprint density at radius 3 is 2.37 bits per heavy atom. The lowest BCUT2D eigenvalue weighted by molar-refractivity contribution is 0.00251. The van der Waals surface area contributed by atoms with Crippen molar-refractivity contribution in [2.45, 2.75) is 71.1 Å². The van der Waals surface area contributed by atoms with E-state index in [-0.39, 0.29) is 29.9 Å². The van der Waals surface area contributed by atoms with E-state index in [9.17, 15) is 14.0 Å². The van der Waals surface area contributed by atoms with E-state index in [1.165, 1.54) is 18.2 Å². The first kappa shape index (κ1) is 19.6. The molecule has 2 fully saturated rings. The summed E-state index contributed by atoms with van der Waals surface area (Å²) in [7, 11) is 0. The minimum Gasteiger partial charge on any atom is -0.493 e. The fourth-order valence-electron chi connectivity index (χ4n) is 4.20. The van der Waals surface area contributed by atoms with Crippen LogP contribution in [0, 0.1) is 11.7 Å². The van der Waals surface area contributed by atoms with Crippen LogP contribution >= 0.6 is 0 Å². The summed E-state index contributed by atoms with van der Waals surface area (Å²) in [6, 6.07) is 4.07. The van der Waals surface area contributed by atoms with Crippen molar-refractivity contribution in [3.63, 3.8) is 0 Å². The van der Waals surface area contributed by atoms with Crippen LogP contribution < -0.4 is 4.74 Å². The SMILES string of the molecule is CCOc1ccc(F)cc1C(=O)C1CC2CCC(C1)N2C(=O)OC(C)(C)C. The highest BCUT2D eigenvalue weighted by Crippen LogP contribution is 2.41. The molecule has 27 heavy (non-hydrogen) atoms. The summed E-state index contributed by atoms with van der Waals surface area (Å²) < 4.78 is 24.8. The lowest BCUT2D eigenvalue weighted by Gasteiger charge is -2.39. The first-order chi connectivity index (χ1) is 12.7. The highest BCUT2D eigenvalue weighted by Gasteiger charge is 2.46. The number of hydrogen-bond acceptors (Lipinski definition) is 4. The first-order valence-electron chi connectivity index (χ1n) is 9.67. The second-order valence-corrected chi connectivity index (χ2v) is 8.38. The Kier molecular flexibility index (Phi) is 5.45. The number of carbonyl (C=O) groups is 2. The van der Waals surface area contributed by atoms with Crippen LogP contribution in [0.1, 0.15) is 63.7 Å². The molecule has 1 aromatic rings. The van der Waals surface area contributed by atoms with Crippen LogP contribution in [-0.2, 0) is 4.74 Å². The third-order valence-electron chi connectivity index (χ3n) is 5.22. The average Bonchev–Trinajstić information content (AvgIpc) is 2.85. The zero-order valence-electron chi connectivity index (χ0n) is 16.5. The van der Waals surface area contributed by atoms with Gasteiger partial charge in [0.2, 0.25) is 0 Å². The Bertz CT molecular complexity index is 713. The minimum atomic E-state index is -0.544. The maximum atomic E-state index is 13.7. The molecule has 0 saturated carbocycles. The van der Waals surface area contributed by atoms with Crippen LogP contribution in [0.5, 0.6) is 5.75 Å². The van der Waals surface area contributed by atoms with Gasteiger partial charge in [-0.1, -0.05) is 0 Å². The van der Waals surface area contributed by atoms with Gasteiger partial charge in [0.05, 0.1) is 12.2 Å². The highest BCUT2D eigenvalue weighted by atomic mass is 19.1. The van der Waals surface area contributed by atoms with Gasteiger partial charge < -0.3 is 14.4 Å². The normalized spacial score (nSPS) is 24.6. The second kappa shape index (κ2) is 7.49. The van der Waals surface area contributed by atoms with Gasteiger partial charge in [-0.25, -0.2) is 9.18 Å². The number of nitrogens with zero attached hydrogens (tertiary/aromatic N) is 1. The predicted molar refractivity (Wildman–Crippen MR) is 99.5 cm³/mol. The Morgan fingerprint density at radius 2 is 1.81 bits per heavy atom. The van der Waals surface area contributed by atoms with E-state index in [1.807, 2.05) is 32.6 Å². The molecule has 0 radical (unpaired) electrons. The molecular formula is C21H28FNO4. The standard InChI is InChI=1S/C21H28FNO4/c1-5-26-18-9-6-14(22)12-17(18)19(24)13-10-15-7-8-16(11-13)23(15)20(25)27-21(2,3)4/h6,9,12-13,15-16H,5,7-8,10-11H2,1-4H3. The molecule has 0 spiro atoms. The van der Waals surface area contributed by atoms with E-state index >= 15 is 0 Å². The van der Waals surface area contributed by atoms with Gasteiger partial charge in [-0.15, -0.1) is 0 Å². The molecule has 2 atom stereocenters. The number of rotatable bonds is 4. The molecule has 1 aromatic carbocycles. The van der Waals surface area contributed by atoms with Crippen molar-refractivity contribution in [2.75, 3.05) is 6.61 Å². The minimum absolute atomic E-state index is 0.00310. The molecule has 0 aliphatic carbocycles. The summed E-state index contributed by atoms with van der Waals surface area (Å²) in [6.07, 6.45) is 2.60. The van der Waals surface area contributed by atoms with Crippen molar-refractivity contribution in [1.82, 2.24) is 4.90 Å². The lowest BCUT2D eigenvalue weighted by atomic mass is 9.84. The van der Waals surface area contributed by atoms with Crippen LogP contribution in [-0.4, -0.2) is 41.1 Å². The van der Waals surface area contributed by atoms with E-state index in [1.54, 1.807) is 0 Å². The summed E-state index contributed by atoms with van der Waals surface area (Å²) in [5, 5.41) is 0. The zero-order chi connectivity index (χ0) is 19.8. The van der Waals surface area contributed by atoms with Gasteiger partial charge in [0.25, 0.3) is 0 Å². The fraction of sp³-hybridized carbons (Fsp3) is 0.619. The average molecular weight is 377 g/mol. The number of halogens is 1. The molecule has 2 aliphatic heterocycles. The summed E-state index contributed by atoms with van der Waals surface area (Å²) in [5.74, 6) is -0.359. The molecule has 1 amide bonds. The maximum Gasteiger partial charge on any atom is 0.410 e. The number of Topliss-reactive ketones (excluding diaryl/α,β-unsaturated/α-hetero) is 1. The molecule has 3 rings (SSSR count). The van der Waals surface area contributed by atoms with E-state index in [4.69, 9.17) is 9.47 Å². The number of piperidine rings is 1. The molecular weight excluding hydrogens is 349 g/mol. The van der Waals surface area contributed by atoms with Crippen molar-refractivity contribution in [3.8, 4) is 5.75 Å². The zero-order valence-corrected chi connectivity index (χ0v) is 16.5. The molecule has 0 N–H and O–H groups in total. The van der Waals surface area contributed by atoms with Gasteiger partial charge in [0.15, 0.2) is 5.78 Å². The van der Waals surface area contributed by atoms with Gasteiger partial charge in [-0.05, 0) is 71.6 Å². The maximum absolute atomic E-state index is 13.7. The van der Waals surface area contributed by atoms with Gasteiger partial charge >= 0.3 is 6.09 Å². The monoisotopic (exact) mass is 377 g/mol. The van der Waals surface area contributed by atoms with Crippen LogP contribution in [0.4, 0.5) is 9.18 Å². The summed E-state index contributed by atoms with van der Waals surface area (Å²) in [6.45, 7) is 7.79. The molecule has 2 saturated heterocycles. The Hall–Kier alpha value is -2.11. The number of amides is 1. The van der Waals surface area contributed by atoms with Gasteiger partial charge in [-0.2, -0.15) is 0 Å². The second-order valence-electron chi connectivity index (χ2n) is 8.38. The predicted octanol–water partition coefficient (Wildman–Crippen LogP) is 4.59. The quantitative estimate of drug-likeness (QED) is 0.721. The molecule has 2 bridgehead atoms. The van der Waals surface area contributed by atoms with E-state index in [0.717, 1.165) is 12.8 Å². The molecule has 2 heterocycles. The van der Waals surface area contributed by atoms with Gasteiger partial charge in [-0.3, -0.25) is 4.79 Å². The van der Waals surface area contributed by atoms with Crippen molar-refractivity contribution < 1.29 is 23.5 Å². The van der Waals surface area contributed by atoms with E-state index in [2.05, 4.69) is 0 Å². The van der Waals surface area contributed by atoms with Crippen molar-refractivity contribution in [2.24, 2.45) is 5.92 Å². The third kappa shape index (κ3) is 4.25. The molecule has 2 unspecified atom stereocenters. The smallest absolute Gasteiger partial charge is 0.410 e.